The number of rotatable bonds is 18. The second-order valence-corrected chi connectivity index (χ2v) is 16.1. The van der Waals surface area contributed by atoms with E-state index < -0.39 is 53.8 Å². The molecular weight excluding hydrogens is 792 g/mol. The molecule has 0 saturated carbocycles. The van der Waals surface area contributed by atoms with Gasteiger partial charge in [-0.25, -0.2) is 10.2 Å². The molecule has 4 heterocycles. The van der Waals surface area contributed by atoms with Crippen LogP contribution in [0.2, 0.25) is 0 Å². The van der Waals surface area contributed by atoms with Crippen molar-refractivity contribution in [3.8, 4) is 5.75 Å². The van der Waals surface area contributed by atoms with E-state index in [9.17, 15) is 33.9 Å². The van der Waals surface area contributed by atoms with E-state index in [0.29, 0.717) is 42.4 Å². The van der Waals surface area contributed by atoms with Crippen LogP contribution in [0.5, 0.6) is 5.75 Å². The predicted molar refractivity (Wildman–Crippen MR) is 219 cm³/mol. The summed E-state index contributed by atoms with van der Waals surface area (Å²) in [7, 11) is 0. The number of nitrogens with zero attached hydrogens (tertiary/aromatic N) is 2. The normalized spacial score (nSPS) is 28.6. The summed E-state index contributed by atoms with van der Waals surface area (Å²) >= 11 is 0. The first-order valence-corrected chi connectivity index (χ1v) is 20.8. The molecule has 0 radical (unpaired) electrons. The smallest absolute Gasteiger partial charge is 0.333 e. The van der Waals surface area contributed by atoms with E-state index in [4.69, 9.17) is 28.5 Å². The van der Waals surface area contributed by atoms with E-state index in [1.165, 1.54) is 19.1 Å². The number of imide groups is 1. The van der Waals surface area contributed by atoms with Crippen LogP contribution in [-0.2, 0) is 52.6 Å². The molecule has 3 N–H and O–H groups in total. The highest BCUT2D eigenvalue weighted by molar-refractivity contribution is 6.01. The van der Waals surface area contributed by atoms with Gasteiger partial charge in [-0.1, -0.05) is 30.7 Å². The lowest BCUT2D eigenvalue weighted by atomic mass is 9.87. The number of carbonyl (C=O) groups excluding carboxylic acids is 6. The van der Waals surface area contributed by atoms with Crippen LogP contribution >= 0.6 is 0 Å². The lowest BCUT2D eigenvalue weighted by Crippen LogP contribution is -2.50. The Hall–Kier alpha value is -5.23. The molecule has 9 atom stereocenters. The molecule has 1 spiro atoms. The summed E-state index contributed by atoms with van der Waals surface area (Å²) in [5.41, 5.74) is 4.09. The lowest BCUT2D eigenvalue weighted by Gasteiger charge is -2.39. The summed E-state index contributed by atoms with van der Waals surface area (Å²) < 4.78 is 28.9. The molecule has 0 aliphatic carbocycles. The van der Waals surface area contributed by atoms with Gasteiger partial charge in [0.25, 0.3) is 11.8 Å². The minimum Gasteiger partial charge on any atom is -0.494 e. The number of hydrazone groups is 1. The van der Waals surface area contributed by atoms with E-state index in [1.54, 1.807) is 44.2 Å². The number of epoxide rings is 1. The lowest BCUT2D eigenvalue weighted by molar-refractivity contribution is -0.197. The first-order chi connectivity index (χ1) is 29.0. The Bertz CT molecular complexity index is 1870. The Labute approximate surface area is 355 Å². The fourth-order valence-electron chi connectivity index (χ4n) is 7.35. The molecular formula is C44H58N4O13. The van der Waals surface area contributed by atoms with Gasteiger partial charge in [-0.2, -0.15) is 5.10 Å². The molecule has 61 heavy (non-hydrogen) atoms. The Morgan fingerprint density at radius 2 is 1.75 bits per heavy atom. The molecule has 1 aromatic rings. The second-order valence-electron chi connectivity index (χ2n) is 16.1. The van der Waals surface area contributed by atoms with Gasteiger partial charge in [-0.15, -0.1) is 5.06 Å². The van der Waals surface area contributed by atoms with Gasteiger partial charge in [0.15, 0.2) is 0 Å². The number of hydroxylamine groups is 2. The third kappa shape index (κ3) is 13.9. The van der Waals surface area contributed by atoms with Crippen molar-refractivity contribution in [2.45, 2.75) is 141 Å². The van der Waals surface area contributed by atoms with E-state index >= 15 is 0 Å². The van der Waals surface area contributed by atoms with Gasteiger partial charge < -0.3 is 38.9 Å². The van der Waals surface area contributed by atoms with Gasteiger partial charge in [0.1, 0.15) is 29.7 Å². The van der Waals surface area contributed by atoms with Gasteiger partial charge in [0.2, 0.25) is 11.8 Å². The Balaban J connectivity index is 1.03. The van der Waals surface area contributed by atoms with Crippen LogP contribution in [0, 0.1) is 5.92 Å². The molecule has 5 rings (SSSR count). The standard InChI is InChI=1S/C44H58N4O13/c1-26(9-16-36-27(2)22-35(30(5)59-36)45-38(50)18-11-28(3)58-31(6)49)10-17-37-43(55)44(25-57-44)24-34(60-37)23-39(51)47-46-29(4)32-12-14-33(15-13-32)56-21-7-8-42(54)61-48-40(52)19-20-41(48)53/h9-15,17-18,27-28,30,34-37,43,55H,7-8,16,19-25H2,1-6H3,(H,45,50)(H,47,51)/b17-10+,18-11-,26-9+,46-29+/t27-,28-,30+,34+,35+,36-,37+,43+,44+/m0/s1. The van der Waals surface area contributed by atoms with Crippen LogP contribution in [-0.4, -0.2) is 113 Å². The van der Waals surface area contributed by atoms with Crippen molar-refractivity contribution in [1.82, 2.24) is 15.8 Å². The fraction of sp³-hybridized carbons (Fsp3) is 0.568. The minimum absolute atomic E-state index is 0.0129. The molecule has 17 heteroatoms. The summed E-state index contributed by atoms with van der Waals surface area (Å²) in [6.07, 6.45) is 7.93. The summed E-state index contributed by atoms with van der Waals surface area (Å²) in [6, 6.07) is 6.87. The molecule has 332 valence electrons. The van der Waals surface area contributed by atoms with Gasteiger partial charge in [0, 0.05) is 32.3 Å². The van der Waals surface area contributed by atoms with Gasteiger partial charge in [0.05, 0.1) is 56.1 Å². The number of allylic oxidation sites excluding steroid dienone is 2. The van der Waals surface area contributed by atoms with Crippen molar-refractivity contribution >= 4 is 41.3 Å². The minimum atomic E-state index is -0.896. The van der Waals surface area contributed by atoms with Crippen molar-refractivity contribution in [3.63, 3.8) is 0 Å². The maximum atomic E-state index is 13.0. The molecule has 17 nitrogen and oxygen atoms in total. The molecule has 0 bridgehead atoms. The number of esters is 1. The zero-order chi connectivity index (χ0) is 44.3. The monoisotopic (exact) mass is 850 g/mol. The maximum absolute atomic E-state index is 13.0. The number of aliphatic hydroxyl groups is 1. The Morgan fingerprint density at radius 1 is 1.05 bits per heavy atom. The van der Waals surface area contributed by atoms with Crippen LogP contribution in [0.15, 0.2) is 65.3 Å². The average Bonchev–Trinajstić information content (AvgIpc) is 3.92. The molecule has 4 aliphatic rings. The summed E-state index contributed by atoms with van der Waals surface area (Å²) in [6.45, 7) is 11.3. The number of benzene rings is 1. The second kappa shape index (κ2) is 21.5. The molecule has 0 unspecified atom stereocenters. The number of ether oxygens (including phenoxy) is 5. The highest BCUT2D eigenvalue weighted by Crippen LogP contribution is 2.43. The number of hydrogen-bond acceptors (Lipinski definition) is 14. The Kier molecular flexibility index (Phi) is 16.5. The quantitative estimate of drug-likeness (QED) is 0.0281. The van der Waals surface area contributed by atoms with Gasteiger partial charge in [-0.3, -0.25) is 24.0 Å². The fourth-order valence-corrected chi connectivity index (χ4v) is 7.35. The Morgan fingerprint density at radius 3 is 2.43 bits per heavy atom. The summed E-state index contributed by atoms with van der Waals surface area (Å²) in [4.78, 5) is 76.6. The average molecular weight is 851 g/mol. The SMILES string of the molecule is CC(=O)O[C@@H](C)/C=C\C(=O)N[C@@H]1C[C@H](C)[C@H](C/C=C(C)/C=C/[C@H]2O[C@H](CC(=O)N/N=C(\C)c3ccc(OCCCC(=O)ON4C(=O)CCC4=O)cc3)C[C@@]3(CO3)[C@@H]2O)O[C@@H]1C. The van der Waals surface area contributed by atoms with Crippen molar-refractivity contribution in [3.05, 3.63) is 65.8 Å². The topological polar surface area (TPSA) is 221 Å². The van der Waals surface area contributed by atoms with Crippen molar-refractivity contribution in [1.29, 1.82) is 0 Å². The number of hydrogen-bond donors (Lipinski definition) is 3. The van der Waals surface area contributed by atoms with Crippen molar-refractivity contribution < 1.29 is 62.4 Å². The third-order valence-corrected chi connectivity index (χ3v) is 10.9. The third-order valence-electron chi connectivity index (χ3n) is 10.9. The van der Waals surface area contributed by atoms with E-state index in [-0.39, 0.29) is 68.3 Å². The molecule has 4 aliphatic heterocycles. The molecule has 4 amide bonds. The summed E-state index contributed by atoms with van der Waals surface area (Å²) in [5.74, 6) is -2.05. The van der Waals surface area contributed by atoms with Gasteiger partial charge >= 0.3 is 11.9 Å². The number of amides is 4. The first-order valence-electron chi connectivity index (χ1n) is 20.8. The largest absolute Gasteiger partial charge is 0.494 e. The van der Waals surface area contributed by atoms with Crippen LogP contribution in [0.3, 0.4) is 0 Å². The van der Waals surface area contributed by atoms with E-state index in [2.05, 4.69) is 28.8 Å². The zero-order valence-corrected chi connectivity index (χ0v) is 35.6. The molecule has 1 aromatic carbocycles. The van der Waals surface area contributed by atoms with Crippen LogP contribution in [0.4, 0.5) is 0 Å². The molecule has 4 saturated heterocycles. The van der Waals surface area contributed by atoms with Crippen molar-refractivity contribution in [2.24, 2.45) is 11.0 Å². The van der Waals surface area contributed by atoms with Crippen LogP contribution < -0.4 is 15.5 Å². The highest BCUT2D eigenvalue weighted by Gasteiger charge is 2.58. The van der Waals surface area contributed by atoms with Crippen LogP contribution in [0.25, 0.3) is 0 Å². The van der Waals surface area contributed by atoms with Gasteiger partial charge in [-0.05, 0) is 88.8 Å². The highest BCUT2D eigenvalue weighted by atomic mass is 16.7. The van der Waals surface area contributed by atoms with Crippen LogP contribution in [0.1, 0.15) is 98.5 Å². The number of carbonyl (C=O) groups is 6. The summed E-state index contributed by atoms with van der Waals surface area (Å²) in [5, 5.41) is 18.9. The number of nitrogens with one attached hydrogen (secondary N) is 2. The molecule has 0 aromatic heterocycles. The maximum Gasteiger partial charge on any atom is 0.333 e. The van der Waals surface area contributed by atoms with Crippen molar-refractivity contribution in [2.75, 3.05) is 13.2 Å². The predicted octanol–water partition coefficient (Wildman–Crippen LogP) is 3.67. The number of aliphatic hydroxyl groups excluding tert-OH is 1. The van der Waals surface area contributed by atoms with E-state index in [1.807, 2.05) is 19.9 Å². The zero-order valence-electron chi connectivity index (χ0n) is 35.6. The first kappa shape index (κ1) is 46.8. The molecule has 4 fully saturated rings. The van der Waals surface area contributed by atoms with E-state index in [0.717, 1.165) is 17.6 Å².